The van der Waals surface area contributed by atoms with Gasteiger partial charge in [0.05, 0.1) is 4.88 Å². The normalized spacial score (nSPS) is 16.3. The highest BCUT2D eigenvalue weighted by Crippen LogP contribution is 2.32. The third-order valence-electron chi connectivity index (χ3n) is 3.94. The van der Waals surface area contributed by atoms with Crippen LogP contribution in [0.1, 0.15) is 27.6 Å². The van der Waals surface area contributed by atoms with Crippen LogP contribution in [0, 0.1) is 5.92 Å². The second-order valence-electron chi connectivity index (χ2n) is 5.55. The molecule has 1 saturated heterocycles. The number of hydrogen-bond donors (Lipinski definition) is 2. The molecule has 0 radical (unpaired) electrons. The monoisotopic (exact) mass is 392 g/mol. The number of thiophene rings is 1. The number of halogens is 1. The van der Waals surface area contributed by atoms with Gasteiger partial charge in [0.15, 0.2) is 10.9 Å². The third kappa shape index (κ3) is 3.95. The van der Waals surface area contributed by atoms with E-state index >= 15 is 0 Å². The molecule has 1 aromatic heterocycles. The summed E-state index contributed by atoms with van der Waals surface area (Å²) in [6.45, 7) is 0. The minimum Gasteiger partial charge on any atom is -0.302 e. The van der Waals surface area contributed by atoms with Crippen LogP contribution in [0.25, 0.3) is 0 Å². The molecule has 25 heavy (non-hydrogen) atoms. The van der Waals surface area contributed by atoms with Crippen LogP contribution in [0.3, 0.4) is 0 Å². The molecule has 1 atom stereocenters. The lowest BCUT2D eigenvalue weighted by Crippen LogP contribution is -2.57. The third-order valence-corrected chi connectivity index (χ3v) is 5.31. The maximum atomic E-state index is 12.6. The van der Waals surface area contributed by atoms with Gasteiger partial charge >= 0.3 is 0 Å². The van der Waals surface area contributed by atoms with Gasteiger partial charge in [0, 0.05) is 17.4 Å². The smallest absolute Gasteiger partial charge is 0.239 e. The van der Waals surface area contributed by atoms with E-state index in [1.165, 1.54) is 11.3 Å². The highest BCUT2D eigenvalue weighted by Gasteiger charge is 2.40. The van der Waals surface area contributed by atoms with E-state index in [1.54, 1.807) is 36.4 Å². The number of nitrogens with one attached hydrogen (secondary N) is 2. The second kappa shape index (κ2) is 7.43. The fraction of sp³-hybridized carbons (Fsp3) is 0.176. The predicted molar refractivity (Wildman–Crippen MR) is 99.8 cm³/mol. The number of benzene rings is 1. The first-order valence-electron chi connectivity index (χ1n) is 7.43. The minimum atomic E-state index is -1.04. The summed E-state index contributed by atoms with van der Waals surface area (Å²) in [6, 6.07) is 10.3. The summed E-state index contributed by atoms with van der Waals surface area (Å²) in [5, 5.41) is 7.23. The molecule has 128 valence electrons. The van der Waals surface area contributed by atoms with Crippen LogP contribution in [0.15, 0.2) is 41.8 Å². The molecule has 0 saturated carbocycles. The Morgan fingerprint density at radius 3 is 2.36 bits per heavy atom. The summed E-state index contributed by atoms with van der Waals surface area (Å²) in [4.78, 5) is 37.9. The Labute approximate surface area is 158 Å². The molecule has 3 rings (SSSR count). The SMILES string of the molecule is O=C(C[C@@H](c1ccc(Cl)cc1)C1C(=O)NC(=S)NC1=O)c1cccs1. The molecular formula is C17H13ClN2O3S2. The number of hydrogen-bond acceptors (Lipinski definition) is 5. The van der Waals surface area contributed by atoms with Crippen LogP contribution in [0.5, 0.6) is 0 Å². The average molecular weight is 393 g/mol. The van der Waals surface area contributed by atoms with Gasteiger partial charge in [-0.15, -0.1) is 11.3 Å². The topological polar surface area (TPSA) is 75.3 Å². The van der Waals surface area contributed by atoms with Crippen molar-refractivity contribution in [2.45, 2.75) is 12.3 Å². The Morgan fingerprint density at radius 2 is 1.80 bits per heavy atom. The van der Waals surface area contributed by atoms with Crippen molar-refractivity contribution in [3.05, 3.63) is 57.2 Å². The Bertz CT molecular complexity index is 814. The van der Waals surface area contributed by atoms with Gasteiger partial charge in [-0.1, -0.05) is 29.8 Å². The summed E-state index contributed by atoms with van der Waals surface area (Å²) in [6.07, 6.45) is 0.0282. The van der Waals surface area contributed by atoms with Crippen LogP contribution in [0.4, 0.5) is 0 Å². The van der Waals surface area contributed by atoms with E-state index in [4.69, 9.17) is 23.8 Å². The minimum absolute atomic E-state index is 0.0225. The Morgan fingerprint density at radius 1 is 1.16 bits per heavy atom. The van der Waals surface area contributed by atoms with Gasteiger partial charge < -0.3 is 10.6 Å². The lowest BCUT2D eigenvalue weighted by atomic mass is 9.80. The highest BCUT2D eigenvalue weighted by molar-refractivity contribution is 7.80. The van der Waals surface area contributed by atoms with E-state index in [-0.39, 0.29) is 17.3 Å². The van der Waals surface area contributed by atoms with Crippen LogP contribution in [-0.2, 0) is 9.59 Å². The zero-order valence-corrected chi connectivity index (χ0v) is 15.2. The number of carbonyl (C=O) groups is 3. The molecule has 2 amide bonds. The van der Waals surface area contributed by atoms with Gasteiger partial charge in [-0.05, 0) is 41.4 Å². The van der Waals surface area contributed by atoms with Crippen molar-refractivity contribution in [1.29, 1.82) is 0 Å². The van der Waals surface area contributed by atoms with Gasteiger partial charge in [0.2, 0.25) is 11.8 Å². The average Bonchev–Trinajstić information content (AvgIpc) is 3.08. The number of amides is 2. The molecule has 1 fully saturated rings. The van der Waals surface area contributed by atoms with E-state index in [2.05, 4.69) is 10.6 Å². The van der Waals surface area contributed by atoms with E-state index in [9.17, 15) is 14.4 Å². The molecule has 0 bridgehead atoms. The fourth-order valence-electron chi connectivity index (χ4n) is 2.77. The maximum Gasteiger partial charge on any atom is 0.239 e. The molecule has 8 heteroatoms. The molecule has 5 nitrogen and oxygen atoms in total. The van der Waals surface area contributed by atoms with Crippen molar-refractivity contribution < 1.29 is 14.4 Å². The highest BCUT2D eigenvalue weighted by atomic mass is 35.5. The molecule has 0 unspecified atom stereocenters. The Balaban J connectivity index is 1.95. The zero-order valence-electron chi connectivity index (χ0n) is 12.8. The first-order valence-corrected chi connectivity index (χ1v) is 9.10. The molecular weight excluding hydrogens is 380 g/mol. The van der Waals surface area contributed by atoms with E-state index < -0.39 is 23.7 Å². The summed E-state index contributed by atoms with van der Waals surface area (Å²) < 4.78 is 0. The van der Waals surface area contributed by atoms with Crippen LogP contribution < -0.4 is 10.6 Å². The molecule has 2 N–H and O–H groups in total. The molecule has 2 heterocycles. The van der Waals surface area contributed by atoms with Gasteiger partial charge in [-0.3, -0.25) is 14.4 Å². The van der Waals surface area contributed by atoms with Gasteiger partial charge in [0.25, 0.3) is 0 Å². The number of thiocarbonyl (C=S) groups is 1. The van der Waals surface area contributed by atoms with Gasteiger partial charge in [-0.2, -0.15) is 0 Å². The number of ketones is 1. The van der Waals surface area contributed by atoms with Crippen molar-refractivity contribution in [3.63, 3.8) is 0 Å². The molecule has 1 aromatic carbocycles. The zero-order chi connectivity index (χ0) is 18.0. The van der Waals surface area contributed by atoms with Gasteiger partial charge in [0.1, 0.15) is 5.92 Å². The van der Waals surface area contributed by atoms with E-state index in [0.717, 1.165) is 0 Å². The molecule has 1 aliphatic heterocycles. The first-order chi connectivity index (χ1) is 12.0. The number of carbonyl (C=O) groups excluding carboxylic acids is 3. The van der Waals surface area contributed by atoms with Crippen LogP contribution >= 0.6 is 35.2 Å². The lowest BCUT2D eigenvalue weighted by Gasteiger charge is -2.29. The largest absolute Gasteiger partial charge is 0.302 e. The maximum absolute atomic E-state index is 12.6. The first kappa shape index (κ1) is 17.7. The quantitative estimate of drug-likeness (QED) is 0.466. The number of rotatable bonds is 5. The van der Waals surface area contributed by atoms with Gasteiger partial charge in [-0.25, -0.2) is 0 Å². The molecule has 0 aliphatic carbocycles. The van der Waals surface area contributed by atoms with Crippen molar-refractivity contribution in [2.75, 3.05) is 0 Å². The van der Waals surface area contributed by atoms with Crippen molar-refractivity contribution >= 4 is 57.9 Å². The van der Waals surface area contributed by atoms with E-state index in [1.807, 2.05) is 5.38 Å². The standard InChI is InChI=1S/C17H13ClN2O3S2/c18-10-5-3-9(4-6-10)11(8-12(21)13-2-1-7-25-13)14-15(22)19-17(24)20-16(14)23/h1-7,11,14H,8H2,(H2,19,20,22,23,24)/t11-/m0/s1. The van der Waals surface area contributed by atoms with Crippen LogP contribution in [0.2, 0.25) is 5.02 Å². The fourth-order valence-corrected chi connectivity index (χ4v) is 3.77. The van der Waals surface area contributed by atoms with E-state index in [0.29, 0.717) is 15.5 Å². The molecule has 1 aliphatic rings. The van der Waals surface area contributed by atoms with Crippen molar-refractivity contribution in [1.82, 2.24) is 10.6 Å². The molecule has 2 aromatic rings. The summed E-state index contributed by atoms with van der Waals surface area (Å²) in [7, 11) is 0. The lowest BCUT2D eigenvalue weighted by molar-refractivity contribution is -0.136. The number of Topliss-reactive ketones (excluding diaryl/α,β-unsaturated/α-hetero) is 1. The van der Waals surface area contributed by atoms with Crippen LogP contribution in [-0.4, -0.2) is 22.7 Å². The van der Waals surface area contributed by atoms with Crippen molar-refractivity contribution in [3.8, 4) is 0 Å². The van der Waals surface area contributed by atoms with Crippen molar-refractivity contribution in [2.24, 2.45) is 5.92 Å². The second-order valence-corrected chi connectivity index (χ2v) is 7.34. The predicted octanol–water partition coefficient (Wildman–Crippen LogP) is 2.91. The Kier molecular flexibility index (Phi) is 5.27. The summed E-state index contributed by atoms with van der Waals surface area (Å²) in [5.74, 6) is -2.80. The summed E-state index contributed by atoms with van der Waals surface area (Å²) in [5.41, 5.74) is 0.692. The summed E-state index contributed by atoms with van der Waals surface area (Å²) >= 11 is 12.1. The molecule has 0 spiro atoms. The Hall–Kier alpha value is -2.09.